The Morgan fingerprint density at radius 2 is 1.92 bits per heavy atom. The molecular weight excluding hydrogens is 162 g/mol. The molecule has 68 valence electrons. The molecule has 0 spiro atoms. The lowest BCUT2D eigenvalue weighted by atomic mass is 10.2. The number of nitrogens with one attached hydrogen (secondary N) is 1. The number of amidine groups is 1. The molecule has 0 saturated carbocycles. The van der Waals surface area contributed by atoms with Crippen molar-refractivity contribution >= 4 is 5.84 Å². The molecule has 13 heavy (non-hydrogen) atoms. The van der Waals surface area contributed by atoms with Crippen molar-refractivity contribution in [1.82, 2.24) is 10.3 Å². The highest BCUT2D eigenvalue weighted by molar-refractivity contribution is 6.00. The van der Waals surface area contributed by atoms with Crippen LogP contribution in [0.2, 0.25) is 0 Å². The molecular formula is C10H13N3. The van der Waals surface area contributed by atoms with Crippen molar-refractivity contribution in [2.75, 3.05) is 0 Å². The summed E-state index contributed by atoms with van der Waals surface area (Å²) in [6, 6.07) is 4.74. The second-order valence-electron chi connectivity index (χ2n) is 3.39. The first kappa shape index (κ1) is 8.23. The molecule has 0 amide bonds. The first-order valence-electron chi connectivity index (χ1n) is 4.52. The van der Waals surface area contributed by atoms with E-state index in [9.17, 15) is 0 Å². The van der Waals surface area contributed by atoms with Gasteiger partial charge in [-0.25, -0.2) is 0 Å². The molecule has 2 heterocycles. The maximum absolute atomic E-state index is 4.52. The van der Waals surface area contributed by atoms with E-state index in [1.54, 1.807) is 12.4 Å². The molecule has 0 aliphatic carbocycles. The molecule has 1 aromatic heterocycles. The zero-order valence-corrected chi connectivity index (χ0v) is 7.86. The van der Waals surface area contributed by atoms with Crippen molar-refractivity contribution < 1.29 is 0 Å². The molecule has 0 radical (unpaired) electrons. The van der Waals surface area contributed by atoms with Crippen LogP contribution in [0, 0.1) is 0 Å². The molecule has 0 bridgehead atoms. The lowest BCUT2D eigenvalue weighted by molar-refractivity contribution is 0.601. The minimum atomic E-state index is 0.364. The van der Waals surface area contributed by atoms with E-state index < -0.39 is 0 Å². The van der Waals surface area contributed by atoms with E-state index in [1.165, 1.54) is 0 Å². The summed E-state index contributed by atoms with van der Waals surface area (Å²) in [5, 5.41) is 3.34. The molecule has 2 rings (SSSR count). The topological polar surface area (TPSA) is 37.3 Å². The summed E-state index contributed by atoms with van der Waals surface area (Å²) in [4.78, 5) is 8.49. The average Bonchev–Trinajstić information content (AvgIpc) is 2.49. The third kappa shape index (κ3) is 1.54. The fraction of sp³-hybridized carbons (Fsp3) is 0.400. The Balaban J connectivity index is 2.25. The smallest absolute Gasteiger partial charge is 0.128 e. The predicted octanol–water partition coefficient (Wildman–Crippen LogP) is 1.21. The summed E-state index contributed by atoms with van der Waals surface area (Å²) in [5.74, 6) is 0.988. The summed E-state index contributed by atoms with van der Waals surface area (Å²) in [6.45, 7) is 4.26. The molecule has 1 N–H and O–H groups in total. The quantitative estimate of drug-likeness (QED) is 0.696. The largest absolute Gasteiger partial charge is 0.365 e. The Hall–Kier alpha value is -1.38. The number of nitrogens with zero attached hydrogens (tertiary/aromatic N) is 2. The van der Waals surface area contributed by atoms with Gasteiger partial charge in [0, 0.05) is 24.0 Å². The lowest BCUT2D eigenvalue weighted by Crippen LogP contribution is -2.30. The fourth-order valence-electron chi connectivity index (χ4n) is 1.36. The molecule has 2 atom stereocenters. The highest BCUT2D eigenvalue weighted by Gasteiger charge is 2.20. The van der Waals surface area contributed by atoms with Crippen LogP contribution >= 0.6 is 0 Å². The van der Waals surface area contributed by atoms with Gasteiger partial charge in [0.05, 0.1) is 6.04 Å². The van der Waals surface area contributed by atoms with Gasteiger partial charge in [-0.15, -0.1) is 0 Å². The van der Waals surface area contributed by atoms with E-state index in [0.29, 0.717) is 12.1 Å². The Labute approximate surface area is 77.9 Å². The molecule has 3 nitrogen and oxygen atoms in total. The highest BCUT2D eigenvalue weighted by atomic mass is 15.1. The van der Waals surface area contributed by atoms with Gasteiger partial charge in [-0.1, -0.05) is 0 Å². The third-order valence-electron chi connectivity index (χ3n) is 2.37. The number of pyridine rings is 1. The summed E-state index contributed by atoms with van der Waals surface area (Å²) in [6.07, 6.45) is 3.57. The number of aromatic nitrogens is 1. The molecule has 1 aliphatic heterocycles. The van der Waals surface area contributed by atoms with Gasteiger partial charge in [0.15, 0.2) is 0 Å². The zero-order chi connectivity index (χ0) is 9.26. The van der Waals surface area contributed by atoms with Crippen LogP contribution in [0.3, 0.4) is 0 Å². The summed E-state index contributed by atoms with van der Waals surface area (Å²) in [7, 11) is 0. The molecule has 0 saturated heterocycles. The summed E-state index contributed by atoms with van der Waals surface area (Å²) < 4.78 is 0. The molecule has 1 aromatic rings. The Kier molecular flexibility index (Phi) is 2.00. The van der Waals surface area contributed by atoms with Gasteiger partial charge in [0.2, 0.25) is 0 Å². The van der Waals surface area contributed by atoms with Crippen molar-refractivity contribution in [2.45, 2.75) is 25.9 Å². The maximum atomic E-state index is 4.52. The van der Waals surface area contributed by atoms with Crippen LogP contribution in [0.1, 0.15) is 19.4 Å². The van der Waals surface area contributed by atoms with Gasteiger partial charge in [-0.3, -0.25) is 9.98 Å². The zero-order valence-electron chi connectivity index (χ0n) is 7.86. The minimum Gasteiger partial charge on any atom is -0.365 e. The van der Waals surface area contributed by atoms with Gasteiger partial charge in [0.25, 0.3) is 0 Å². The standard InChI is InChI=1S/C10H13N3/c1-7-8(2)13-10(12-7)9-3-5-11-6-4-9/h3-8H,1-2H3,(H,12,13). The van der Waals surface area contributed by atoms with Crippen LogP contribution in [-0.4, -0.2) is 22.9 Å². The lowest BCUT2D eigenvalue weighted by Gasteiger charge is -2.07. The van der Waals surface area contributed by atoms with Crippen LogP contribution in [0.15, 0.2) is 29.5 Å². The van der Waals surface area contributed by atoms with Crippen molar-refractivity contribution in [1.29, 1.82) is 0 Å². The molecule has 3 heteroatoms. The minimum absolute atomic E-state index is 0.364. The van der Waals surface area contributed by atoms with E-state index in [0.717, 1.165) is 11.4 Å². The number of hydrogen-bond acceptors (Lipinski definition) is 3. The van der Waals surface area contributed by atoms with Crippen LogP contribution in [0.25, 0.3) is 0 Å². The van der Waals surface area contributed by atoms with Crippen LogP contribution < -0.4 is 5.32 Å². The number of rotatable bonds is 1. The van der Waals surface area contributed by atoms with Crippen molar-refractivity contribution in [3.05, 3.63) is 30.1 Å². The normalized spacial score (nSPS) is 26.8. The summed E-state index contributed by atoms with van der Waals surface area (Å²) >= 11 is 0. The van der Waals surface area contributed by atoms with Crippen LogP contribution in [0.4, 0.5) is 0 Å². The Morgan fingerprint density at radius 1 is 1.23 bits per heavy atom. The number of hydrogen-bond donors (Lipinski definition) is 1. The van der Waals surface area contributed by atoms with E-state index in [-0.39, 0.29) is 0 Å². The Morgan fingerprint density at radius 3 is 2.46 bits per heavy atom. The van der Waals surface area contributed by atoms with E-state index >= 15 is 0 Å². The van der Waals surface area contributed by atoms with E-state index in [2.05, 4.69) is 29.1 Å². The van der Waals surface area contributed by atoms with Gasteiger partial charge in [-0.05, 0) is 26.0 Å². The van der Waals surface area contributed by atoms with Crippen LogP contribution in [0.5, 0.6) is 0 Å². The summed E-state index contributed by atoms with van der Waals surface area (Å²) in [5.41, 5.74) is 1.12. The van der Waals surface area contributed by atoms with Crippen molar-refractivity contribution in [2.24, 2.45) is 4.99 Å². The van der Waals surface area contributed by atoms with E-state index in [4.69, 9.17) is 0 Å². The van der Waals surface area contributed by atoms with Gasteiger partial charge < -0.3 is 5.32 Å². The van der Waals surface area contributed by atoms with Gasteiger partial charge >= 0.3 is 0 Å². The predicted molar refractivity (Wildman–Crippen MR) is 52.8 cm³/mol. The highest BCUT2D eigenvalue weighted by Crippen LogP contribution is 2.10. The SMILES string of the molecule is CC1N=C(c2ccncc2)NC1C. The van der Waals surface area contributed by atoms with E-state index in [1.807, 2.05) is 12.1 Å². The molecule has 0 aromatic carbocycles. The second-order valence-corrected chi connectivity index (χ2v) is 3.39. The van der Waals surface area contributed by atoms with Crippen LogP contribution in [-0.2, 0) is 0 Å². The Bertz CT molecular complexity index is 318. The maximum Gasteiger partial charge on any atom is 0.128 e. The van der Waals surface area contributed by atoms with Crippen molar-refractivity contribution in [3.63, 3.8) is 0 Å². The molecule has 2 unspecified atom stereocenters. The van der Waals surface area contributed by atoms with Gasteiger partial charge in [-0.2, -0.15) is 0 Å². The monoisotopic (exact) mass is 175 g/mol. The van der Waals surface area contributed by atoms with Crippen molar-refractivity contribution in [3.8, 4) is 0 Å². The number of aliphatic imine (C=N–C) groups is 1. The first-order chi connectivity index (χ1) is 6.27. The average molecular weight is 175 g/mol. The molecule has 0 fully saturated rings. The third-order valence-corrected chi connectivity index (χ3v) is 2.37. The molecule has 1 aliphatic rings. The first-order valence-corrected chi connectivity index (χ1v) is 4.52. The van der Waals surface area contributed by atoms with Gasteiger partial charge in [0.1, 0.15) is 5.84 Å². The second kappa shape index (κ2) is 3.17. The fourth-order valence-corrected chi connectivity index (χ4v) is 1.36.